The van der Waals surface area contributed by atoms with Crippen molar-refractivity contribution in [2.24, 2.45) is 0 Å². The standard InChI is InChI=1S/C22H22N4O2/c1-13-8-7-11-18-20(13)21(22(28)23-18)24-19(27)12-17-14(2)25-26(15(17)3)16-9-5-4-6-10-16/h4-11,21H,12H2,1-3H3,(H,23,28)(H,24,27)/t21-/m0/s1. The second-order valence-corrected chi connectivity index (χ2v) is 7.10. The van der Waals surface area contributed by atoms with E-state index in [1.165, 1.54) is 0 Å². The third kappa shape index (κ3) is 3.07. The molecule has 3 aromatic rings. The second-order valence-electron chi connectivity index (χ2n) is 7.10. The first kappa shape index (κ1) is 18.0. The molecule has 0 saturated heterocycles. The van der Waals surface area contributed by atoms with Gasteiger partial charge in [-0.15, -0.1) is 0 Å². The third-order valence-corrected chi connectivity index (χ3v) is 5.22. The summed E-state index contributed by atoms with van der Waals surface area (Å²) in [4.78, 5) is 25.1. The van der Waals surface area contributed by atoms with Crippen LogP contribution in [0.1, 0.15) is 34.1 Å². The normalized spacial score (nSPS) is 15.2. The van der Waals surface area contributed by atoms with Crippen LogP contribution in [0.5, 0.6) is 0 Å². The minimum atomic E-state index is -0.659. The average Bonchev–Trinajstić information content (AvgIpc) is 3.14. The summed E-state index contributed by atoms with van der Waals surface area (Å²) in [7, 11) is 0. The molecular weight excluding hydrogens is 352 g/mol. The number of aryl methyl sites for hydroxylation is 2. The second kappa shape index (κ2) is 6.96. The number of nitrogens with zero attached hydrogens (tertiary/aromatic N) is 2. The van der Waals surface area contributed by atoms with E-state index in [1.54, 1.807) is 0 Å². The lowest BCUT2D eigenvalue weighted by atomic mass is 10.0. The first-order valence-electron chi connectivity index (χ1n) is 9.26. The molecule has 1 aliphatic rings. The molecule has 2 heterocycles. The molecule has 0 bridgehead atoms. The van der Waals surface area contributed by atoms with E-state index in [9.17, 15) is 9.59 Å². The molecule has 0 spiro atoms. The SMILES string of the molecule is Cc1cccc2c1[C@H](NC(=O)Cc1c(C)nn(-c3ccccc3)c1C)C(=O)N2. The van der Waals surface area contributed by atoms with Gasteiger partial charge >= 0.3 is 0 Å². The zero-order valence-corrected chi connectivity index (χ0v) is 16.1. The van der Waals surface area contributed by atoms with Gasteiger partial charge < -0.3 is 10.6 Å². The summed E-state index contributed by atoms with van der Waals surface area (Å²) in [5.41, 5.74) is 6.15. The predicted molar refractivity (Wildman–Crippen MR) is 107 cm³/mol. The van der Waals surface area contributed by atoms with Gasteiger partial charge in [0.1, 0.15) is 6.04 Å². The molecule has 1 atom stereocenters. The van der Waals surface area contributed by atoms with E-state index < -0.39 is 6.04 Å². The molecule has 2 aromatic carbocycles. The maximum Gasteiger partial charge on any atom is 0.251 e. The van der Waals surface area contributed by atoms with Crippen LogP contribution in [0.25, 0.3) is 5.69 Å². The fraction of sp³-hybridized carbons (Fsp3) is 0.227. The molecule has 0 fully saturated rings. The summed E-state index contributed by atoms with van der Waals surface area (Å²) >= 11 is 0. The number of rotatable bonds is 4. The Morgan fingerprint density at radius 3 is 2.61 bits per heavy atom. The zero-order chi connectivity index (χ0) is 19.8. The lowest BCUT2D eigenvalue weighted by Crippen LogP contribution is -2.34. The maximum absolute atomic E-state index is 12.8. The predicted octanol–water partition coefficient (Wildman–Crippen LogP) is 3.15. The number of carbonyl (C=O) groups excluding carboxylic acids is 2. The Bertz CT molecular complexity index is 1070. The summed E-state index contributed by atoms with van der Waals surface area (Å²) in [6, 6.07) is 14.8. The van der Waals surface area contributed by atoms with Crippen molar-refractivity contribution in [2.75, 3.05) is 5.32 Å². The van der Waals surface area contributed by atoms with Crippen molar-refractivity contribution in [3.05, 3.63) is 76.6 Å². The van der Waals surface area contributed by atoms with Crippen LogP contribution in [0.15, 0.2) is 48.5 Å². The number of anilines is 1. The lowest BCUT2D eigenvalue weighted by Gasteiger charge is -2.14. The van der Waals surface area contributed by atoms with Gasteiger partial charge in [-0.1, -0.05) is 30.3 Å². The molecule has 28 heavy (non-hydrogen) atoms. The third-order valence-electron chi connectivity index (χ3n) is 5.22. The Balaban J connectivity index is 1.56. The monoisotopic (exact) mass is 374 g/mol. The van der Waals surface area contributed by atoms with Crippen molar-refractivity contribution in [3.8, 4) is 5.69 Å². The highest BCUT2D eigenvalue weighted by Crippen LogP contribution is 2.33. The Kier molecular flexibility index (Phi) is 4.47. The van der Waals surface area contributed by atoms with Gasteiger partial charge in [0.25, 0.3) is 5.91 Å². The molecule has 2 amide bonds. The minimum Gasteiger partial charge on any atom is -0.340 e. The molecule has 142 valence electrons. The van der Waals surface area contributed by atoms with E-state index in [0.29, 0.717) is 0 Å². The van der Waals surface area contributed by atoms with Crippen molar-refractivity contribution in [1.29, 1.82) is 0 Å². The van der Waals surface area contributed by atoms with Gasteiger partial charge in [-0.25, -0.2) is 4.68 Å². The van der Waals surface area contributed by atoms with Gasteiger partial charge in [-0.05, 0) is 44.5 Å². The van der Waals surface area contributed by atoms with E-state index in [-0.39, 0.29) is 18.2 Å². The fourth-order valence-corrected chi connectivity index (χ4v) is 3.77. The van der Waals surface area contributed by atoms with E-state index in [2.05, 4.69) is 15.7 Å². The van der Waals surface area contributed by atoms with Gasteiger partial charge in [-0.2, -0.15) is 5.10 Å². The summed E-state index contributed by atoms with van der Waals surface area (Å²) in [6.45, 7) is 5.80. The summed E-state index contributed by atoms with van der Waals surface area (Å²) in [6.07, 6.45) is 0.176. The molecule has 0 unspecified atom stereocenters. The quantitative estimate of drug-likeness (QED) is 0.737. The fourth-order valence-electron chi connectivity index (χ4n) is 3.77. The number of benzene rings is 2. The highest BCUT2D eigenvalue weighted by Gasteiger charge is 2.33. The van der Waals surface area contributed by atoms with Gasteiger partial charge in [0, 0.05) is 22.5 Å². The number of nitrogens with one attached hydrogen (secondary N) is 2. The van der Waals surface area contributed by atoms with Crippen LogP contribution < -0.4 is 10.6 Å². The smallest absolute Gasteiger partial charge is 0.251 e. The Hall–Kier alpha value is -3.41. The van der Waals surface area contributed by atoms with Crippen LogP contribution in [-0.4, -0.2) is 21.6 Å². The molecule has 1 aliphatic heterocycles. The van der Waals surface area contributed by atoms with Crippen LogP contribution in [-0.2, 0) is 16.0 Å². The van der Waals surface area contributed by atoms with Crippen molar-refractivity contribution in [2.45, 2.75) is 33.2 Å². The van der Waals surface area contributed by atoms with Crippen LogP contribution in [0.4, 0.5) is 5.69 Å². The zero-order valence-electron chi connectivity index (χ0n) is 16.1. The van der Waals surface area contributed by atoms with Crippen LogP contribution in [0.3, 0.4) is 0 Å². The van der Waals surface area contributed by atoms with Gasteiger partial charge in [0.2, 0.25) is 5.91 Å². The van der Waals surface area contributed by atoms with Gasteiger partial charge in [0.05, 0.1) is 17.8 Å². The van der Waals surface area contributed by atoms with Crippen molar-refractivity contribution >= 4 is 17.5 Å². The van der Waals surface area contributed by atoms with Crippen LogP contribution in [0.2, 0.25) is 0 Å². The highest BCUT2D eigenvalue weighted by molar-refractivity contribution is 6.04. The van der Waals surface area contributed by atoms with Gasteiger partial charge in [0.15, 0.2) is 0 Å². The molecule has 6 nitrogen and oxygen atoms in total. The summed E-state index contributed by atoms with van der Waals surface area (Å²) in [5, 5.41) is 10.3. The molecule has 0 aliphatic carbocycles. The van der Waals surface area contributed by atoms with E-state index in [0.717, 1.165) is 39.5 Å². The number of fused-ring (bicyclic) bond motifs is 1. The molecular formula is C22H22N4O2. The molecule has 4 rings (SSSR count). The molecule has 0 radical (unpaired) electrons. The highest BCUT2D eigenvalue weighted by atomic mass is 16.2. The molecule has 2 N–H and O–H groups in total. The molecule has 6 heteroatoms. The van der Waals surface area contributed by atoms with Crippen LogP contribution >= 0.6 is 0 Å². The van der Waals surface area contributed by atoms with E-state index in [4.69, 9.17) is 0 Å². The topological polar surface area (TPSA) is 76.0 Å². The number of para-hydroxylation sites is 1. The number of hydrogen-bond donors (Lipinski definition) is 2. The summed E-state index contributed by atoms with van der Waals surface area (Å²) < 4.78 is 1.85. The Morgan fingerprint density at radius 1 is 1.11 bits per heavy atom. The number of amides is 2. The average molecular weight is 374 g/mol. The number of hydrogen-bond acceptors (Lipinski definition) is 3. The van der Waals surface area contributed by atoms with E-state index >= 15 is 0 Å². The minimum absolute atomic E-state index is 0.176. The lowest BCUT2D eigenvalue weighted by molar-refractivity contribution is -0.125. The van der Waals surface area contributed by atoms with Crippen LogP contribution in [0, 0.1) is 20.8 Å². The molecule has 1 aromatic heterocycles. The maximum atomic E-state index is 12.8. The van der Waals surface area contributed by atoms with Crippen molar-refractivity contribution in [1.82, 2.24) is 15.1 Å². The van der Waals surface area contributed by atoms with Crippen molar-refractivity contribution < 1.29 is 9.59 Å². The number of carbonyl (C=O) groups is 2. The largest absolute Gasteiger partial charge is 0.340 e. The Morgan fingerprint density at radius 2 is 1.86 bits per heavy atom. The Labute approximate surface area is 163 Å². The summed E-state index contributed by atoms with van der Waals surface area (Å²) in [5.74, 6) is -0.402. The first-order valence-corrected chi connectivity index (χ1v) is 9.26. The first-order chi connectivity index (χ1) is 13.5. The van der Waals surface area contributed by atoms with Crippen molar-refractivity contribution in [3.63, 3.8) is 0 Å². The molecule has 0 saturated carbocycles. The van der Waals surface area contributed by atoms with E-state index in [1.807, 2.05) is 74.0 Å². The van der Waals surface area contributed by atoms with Gasteiger partial charge in [-0.3, -0.25) is 9.59 Å². The number of aromatic nitrogens is 2.